The van der Waals surface area contributed by atoms with Gasteiger partial charge in [0.25, 0.3) is 0 Å². The first kappa shape index (κ1) is 16.6. The van der Waals surface area contributed by atoms with Crippen LogP contribution in [0.5, 0.6) is 0 Å². The zero-order valence-electron chi connectivity index (χ0n) is 15.2. The molecule has 2 fully saturated rings. The molecule has 0 aromatic heterocycles. The molecule has 3 aliphatic heterocycles. The number of aliphatic carboxylic acids is 1. The van der Waals surface area contributed by atoms with Gasteiger partial charge in [0.1, 0.15) is 5.78 Å². The molecule has 27 heavy (non-hydrogen) atoms. The normalized spacial score (nSPS) is 26.7. The summed E-state index contributed by atoms with van der Waals surface area (Å²) in [4.78, 5) is 30.5. The minimum absolute atomic E-state index is 0.152. The maximum Gasteiger partial charge on any atom is 0.333 e. The van der Waals surface area contributed by atoms with E-state index in [4.69, 9.17) is 0 Å². The number of Topliss-reactive ketones (excluding diaryl/α,β-unsaturated/α-hetero) is 1. The molecule has 0 unspecified atom stereocenters. The van der Waals surface area contributed by atoms with E-state index in [1.54, 1.807) is 0 Å². The number of hydrogen-bond acceptors (Lipinski definition) is 5. The van der Waals surface area contributed by atoms with Crippen LogP contribution >= 0.6 is 0 Å². The van der Waals surface area contributed by atoms with Crippen LogP contribution in [0.2, 0.25) is 0 Å². The largest absolute Gasteiger partial charge is 0.478 e. The number of hydrogen-bond donors (Lipinski definition) is 1. The highest BCUT2D eigenvalue weighted by Crippen LogP contribution is 2.57. The van der Waals surface area contributed by atoms with Crippen LogP contribution in [0.3, 0.4) is 0 Å². The third-order valence-corrected chi connectivity index (χ3v) is 6.33. The smallest absolute Gasteiger partial charge is 0.333 e. The predicted octanol–water partition coefficient (Wildman–Crippen LogP) is 1.60. The second-order valence-electron chi connectivity index (χ2n) is 7.99. The SMILES string of the molecule is CN1CCN(C2=C(F)C=C3C(=O)C(C(=O)O)=CN4[C-]3C2=CCC42CC2)CC1. The Morgan fingerprint density at radius 2 is 1.93 bits per heavy atom. The Bertz CT molecular complexity index is 873. The maximum absolute atomic E-state index is 15.2. The van der Waals surface area contributed by atoms with Crippen LogP contribution in [0, 0.1) is 6.04 Å². The van der Waals surface area contributed by atoms with E-state index in [-0.39, 0.29) is 16.7 Å². The number of nitrogens with zero attached hydrogens (tertiary/aromatic N) is 3. The number of carbonyl (C=O) groups is 2. The molecule has 0 aromatic carbocycles. The molecule has 1 spiro atoms. The number of carboxylic acids is 1. The van der Waals surface area contributed by atoms with Crippen LogP contribution in [-0.2, 0) is 9.59 Å². The van der Waals surface area contributed by atoms with Gasteiger partial charge in [0.2, 0.25) is 0 Å². The first-order valence-electron chi connectivity index (χ1n) is 9.34. The molecule has 0 amide bonds. The lowest BCUT2D eigenvalue weighted by Crippen LogP contribution is -2.50. The zero-order valence-corrected chi connectivity index (χ0v) is 15.2. The molecule has 5 rings (SSSR count). The van der Waals surface area contributed by atoms with Gasteiger partial charge in [-0.2, -0.15) is 0 Å². The summed E-state index contributed by atoms with van der Waals surface area (Å²) in [7, 11) is 2.05. The van der Waals surface area contributed by atoms with Gasteiger partial charge in [-0.3, -0.25) is 0 Å². The maximum atomic E-state index is 15.2. The van der Waals surface area contributed by atoms with Crippen molar-refractivity contribution in [3.05, 3.63) is 52.6 Å². The molecule has 0 aromatic rings. The summed E-state index contributed by atoms with van der Waals surface area (Å²) in [5, 5.41) is 9.45. The molecule has 0 atom stereocenters. The van der Waals surface area contributed by atoms with Gasteiger partial charge >= 0.3 is 5.97 Å². The molecule has 0 bridgehead atoms. The van der Waals surface area contributed by atoms with Crippen molar-refractivity contribution in [2.45, 2.75) is 24.8 Å². The Balaban J connectivity index is 1.63. The van der Waals surface area contributed by atoms with Crippen molar-refractivity contribution in [1.29, 1.82) is 0 Å². The summed E-state index contributed by atoms with van der Waals surface area (Å²) in [6.07, 6.45) is 7.39. The van der Waals surface area contributed by atoms with Gasteiger partial charge in [-0.1, -0.05) is 17.2 Å². The summed E-state index contributed by atoms with van der Waals surface area (Å²) in [5.41, 5.74) is 1.01. The molecule has 1 saturated carbocycles. The number of fused-ring (bicyclic) bond motifs is 1. The third kappa shape index (κ3) is 2.31. The average Bonchev–Trinajstić information content (AvgIpc) is 3.41. The fourth-order valence-electron chi connectivity index (χ4n) is 4.53. The van der Waals surface area contributed by atoms with E-state index in [0.717, 1.165) is 51.0 Å². The van der Waals surface area contributed by atoms with Crippen LogP contribution in [0.25, 0.3) is 0 Å². The number of halogens is 1. The van der Waals surface area contributed by atoms with E-state index in [9.17, 15) is 14.7 Å². The fourth-order valence-corrected chi connectivity index (χ4v) is 4.53. The summed E-state index contributed by atoms with van der Waals surface area (Å²) < 4.78 is 15.2. The van der Waals surface area contributed by atoms with Crippen LogP contribution in [0.4, 0.5) is 4.39 Å². The number of rotatable bonds is 2. The van der Waals surface area contributed by atoms with Crippen molar-refractivity contribution in [3.63, 3.8) is 0 Å². The van der Waals surface area contributed by atoms with E-state index in [1.165, 1.54) is 12.3 Å². The van der Waals surface area contributed by atoms with Crippen molar-refractivity contribution in [1.82, 2.24) is 14.7 Å². The number of piperazine rings is 1. The summed E-state index contributed by atoms with van der Waals surface area (Å²) in [6.45, 7) is 3.15. The average molecular weight is 370 g/mol. The second-order valence-corrected chi connectivity index (χ2v) is 7.99. The Labute approximate surface area is 156 Å². The van der Waals surface area contributed by atoms with Crippen LogP contribution < -0.4 is 0 Å². The highest BCUT2D eigenvalue weighted by molar-refractivity contribution is 6.26. The molecule has 7 heteroatoms. The molecule has 3 heterocycles. The van der Waals surface area contributed by atoms with Gasteiger partial charge in [-0.05, 0) is 32.4 Å². The molecule has 1 saturated heterocycles. The molecule has 2 aliphatic carbocycles. The van der Waals surface area contributed by atoms with Gasteiger partial charge in [-0.15, -0.1) is 6.08 Å². The second kappa shape index (κ2) is 5.48. The van der Waals surface area contributed by atoms with E-state index >= 15 is 4.39 Å². The van der Waals surface area contributed by atoms with E-state index < -0.39 is 17.6 Å². The monoisotopic (exact) mass is 370 g/mol. The zero-order chi connectivity index (χ0) is 18.9. The van der Waals surface area contributed by atoms with Gasteiger partial charge in [-0.25, -0.2) is 9.18 Å². The molecule has 6 nitrogen and oxygen atoms in total. The summed E-state index contributed by atoms with van der Waals surface area (Å²) in [5.74, 6) is -2.32. The summed E-state index contributed by atoms with van der Waals surface area (Å²) in [6, 6.07) is 0.684. The third-order valence-electron chi connectivity index (χ3n) is 6.33. The highest BCUT2D eigenvalue weighted by Gasteiger charge is 2.53. The summed E-state index contributed by atoms with van der Waals surface area (Å²) >= 11 is 0. The van der Waals surface area contributed by atoms with E-state index in [0.29, 0.717) is 11.7 Å². The Hall–Kier alpha value is -2.54. The van der Waals surface area contributed by atoms with Crippen LogP contribution in [0.1, 0.15) is 19.3 Å². The van der Waals surface area contributed by atoms with Gasteiger partial charge in [0, 0.05) is 43.6 Å². The van der Waals surface area contributed by atoms with Crippen molar-refractivity contribution < 1.29 is 19.1 Å². The van der Waals surface area contributed by atoms with Crippen LogP contribution in [-0.4, -0.2) is 70.3 Å². The van der Waals surface area contributed by atoms with Crippen LogP contribution in [0.15, 0.2) is 46.6 Å². The Kier molecular flexibility index (Phi) is 3.37. The number of likely N-dealkylation sites (N-methyl/N-ethyl adjacent to an activating group) is 1. The number of ketones is 1. The van der Waals surface area contributed by atoms with Gasteiger partial charge in [0.15, 0.2) is 0 Å². The van der Waals surface area contributed by atoms with Gasteiger partial charge < -0.3 is 24.6 Å². The number of carboxylic acid groups (broad SMARTS) is 1. The minimum atomic E-state index is -1.26. The Morgan fingerprint density at radius 1 is 1.22 bits per heavy atom. The highest BCUT2D eigenvalue weighted by atomic mass is 19.1. The molecular formula is C20H21FN3O3-. The van der Waals surface area contributed by atoms with E-state index in [2.05, 4.69) is 4.90 Å². The van der Waals surface area contributed by atoms with Crippen molar-refractivity contribution in [2.24, 2.45) is 0 Å². The number of allylic oxidation sites excluding steroid dienone is 2. The first-order chi connectivity index (χ1) is 12.9. The molecule has 5 aliphatic rings. The van der Waals surface area contributed by atoms with Gasteiger partial charge in [0.05, 0.1) is 11.4 Å². The molecule has 1 N–H and O–H groups in total. The van der Waals surface area contributed by atoms with Crippen molar-refractivity contribution in [3.8, 4) is 0 Å². The predicted molar refractivity (Wildman–Crippen MR) is 95.8 cm³/mol. The van der Waals surface area contributed by atoms with E-state index in [1.807, 2.05) is 22.9 Å². The molecule has 142 valence electrons. The lowest BCUT2D eigenvalue weighted by atomic mass is 9.78. The minimum Gasteiger partial charge on any atom is -0.478 e. The lowest BCUT2D eigenvalue weighted by molar-refractivity contribution is -0.134. The number of carbonyl (C=O) groups excluding carboxylic acids is 1. The Morgan fingerprint density at radius 3 is 2.56 bits per heavy atom. The van der Waals surface area contributed by atoms with Crippen molar-refractivity contribution in [2.75, 3.05) is 33.2 Å². The topological polar surface area (TPSA) is 64.1 Å². The lowest BCUT2D eigenvalue weighted by Gasteiger charge is -2.54. The standard InChI is InChI=1S/C20H21FN3O3/c1-22-6-8-23(9-7-22)17-12-2-3-20(4-5-20)24-11-14(19(26)27)18(25)13(16(12)24)10-15(17)21/h2,10-11H,3-9H2,1H3,(H,26,27)/q-1. The molecule has 0 radical (unpaired) electrons. The molecular weight excluding hydrogens is 349 g/mol. The fraction of sp³-hybridized carbons (Fsp3) is 0.450. The quantitative estimate of drug-likeness (QED) is 0.589. The first-order valence-corrected chi connectivity index (χ1v) is 9.34. The van der Waals surface area contributed by atoms with Crippen molar-refractivity contribution >= 4 is 11.8 Å².